The number of aliphatic imine (C=N–C) groups is 1. The van der Waals surface area contributed by atoms with Crippen molar-refractivity contribution in [3.63, 3.8) is 0 Å². The molecule has 0 aromatic rings. The van der Waals surface area contributed by atoms with Gasteiger partial charge in [-0.25, -0.2) is 9.79 Å². The third-order valence-electron chi connectivity index (χ3n) is 2.53. The minimum Gasteiger partial charge on any atom is -0.324 e. The highest BCUT2D eigenvalue weighted by Crippen LogP contribution is 2.35. The van der Waals surface area contributed by atoms with Crippen LogP contribution in [0.2, 0.25) is 0 Å². The van der Waals surface area contributed by atoms with Gasteiger partial charge in [0.15, 0.2) is 0 Å². The second-order valence-electron chi connectivity index (χ2n) is 4.19. The fourth-order valence-corrected chi connectivity index (χ4v) is 2.25. The zero-order chi connectivity index (χ0) is 13.0. The topological polar surface area (TPSA) is 87.0 Å². The van der Waals surface area contributed by atoms with Crippen molar-refractivity contribution in [3.8, 4) is 0 Å². The molecule has 0 atom stereocenters. The molecule has 0 aliphatic rings. The van der Waals surface area contributed by atoms with E-state index in [1.807, 2.05) is 0 Å². The second-order valence-corrected chi connectivity index (χ2v) is 5.97. The molecule has 17 heavy (non-hydrogen) atoms. The van der Waals surface area contributed by atoms with Gasteiger partial charge in [-0.3, -0.25) is 4.57 Å². The maximum absolute atomic E-state index is 10.5. The SMILES string of the molecule is O=C=NCCCCCCCCCCP(=O)(O)O. The van der Waals surface area contributed by atoms with Crippen molar-refractivity contribution in [2.24, 2.45) is 4.99 Å². The summed E-state index contributed by atoms with van der Waals surface area (Å²) >= 11 is 0. The number of nitrogens with zero attached hydrogens (tertiary/aromatic N) is 1. The number of hydrogen-bond donors (Lipinski definition) is 2. The Morgan fingerprint density at radius 1 is 0.882 bits per heavy atom. The molecule has 0 rings (SSSR count). The van der Waals surface area contributed by atoms with Crippen LogP contribution in [0, 0.1) is 0 Å². The molecular weight excluding hydrogens is 241 g/mol. The quantitative estimate of drug-likeness (QED) is 0.259. The first-order chi connectivity index (χ1) is 8.06. The predicted molar refractivity (Wildman–Crippen MR) is 66.8 cm³/mol. The first-order valence-corrected chi connectivity index (χ1v) is 7.94. The number of hydrogen-bond acceptors (Lipinski definition) is 3. The average molecular weight is 263 g/mol. The van der Waals surface area contributed by atoms with E-state index in [-0.39, 0.29) is 6.16 Å². The summed E-state index contributed by atoms with van der Waals surface area (Å²) < 4.78 is 10.5. The van der Waals surface area contributed by atoms with Crippen LogP contribution in [0.5, 0.6) is 0 Å². The van der Waals surface area contributed by atoms with E-state index >= 15 is 0 Å². The summed E-state index contributed by atoms with van der Waals surface area (Å²) in [6, 6.07) is 0. The van der Waals surface area contributed by atoms with Gasteiger partial charge in [-0.2, -0.15) is 0 Å². The van der Waals surface area contributed by atoms with Crippen molar-refractivity contribution in [1.29, 1.82) is 0 Å². The minimum absolute atomic E-state index is 0.0106. The summed E-state index contributed by atoms with van der Waals surface area (Å²) in [6.45, 7) is 0.575. The molecule has 5 nitrogen and oxygen atoms in total. The van der Waals surface area contributed by atoms with E-state index in [1.54, 1.807) is 0 Å². The number of rotatable bonds is 11. The lowest BCUT2D eigenvalue weighted by molar-refractivity contribution is 0.370. The largest absolute Gasteiger partial charge is 0.325 e. The molecule has 0 unspecified atom stereocenters. The van der Waals surface area contributed by atoms with Crippen LogP contribution in [0.25, 0.3) is 0 Å². The first kappa shape index (κ1) is 16.5. The van der Waals surface area contributed by atoms with Crippen molar-refractivity contribution in [3.05, 3.63) is 0 Å². The van der Waals surface area contributed by atoms with Gasteiger partial charge in [0.1, 0.15) is 0 Å². The maximum atomic E-state index is 10.5. The van der Waals surface area contributed by atoms with E-state index in [0.29, 0.717) is 13.0 Å². The summed E-state index contributed by atoms with van der Waals surface area (Å²) in [6.07, 6.45) is 9.46. The molecular formula is C11H22NO4P. The molecule has 0 aromatic carbocycles. The van der Waals surface area contributed by atoms with Crippen molar-refractivity contribution < 1.29 is 19.1 Å². The Morgan fingerprint density at radius 2 is 1.35 bits per heavy atom. The van der Waals surface area contributed by atoms with Crippen molar-refractivity contribution in [1.82, 2.24) is 0 Å². The summed E-state index contributed by atoms with van der Waals surface area (Å²) in [5.74, 6) is 0. The normalized spacial score (nSPS) is 11.2. The van der Waals surface area contributed by atoms with Crippen LogP contribution >= 0.6 is 7.60 Å². The molecule has 0 fully saturated rings. The molecule has 0 saturated carbocycles. The Hall–Kier alpha value is -0.470. The van der Waals surface area contributed by atoms with Crippen molar-refractivity contribution >= 4 is 13.7 Å². The molecule has 0 spiro atoms. The Kier molecular flexibility index (Phi) is 10.4. The van der Waals surface area contributed by atoms with E-state index in [2.05, 4.69) is 4.99 Å². The van der Waals surface area contributed by atoms with Crippen molar-refractivity contribution in [2.75, 3.05) is 12.7 Å². The standard InChI is InChI=1S/C11H22NO4P/c13-11-12-9-7-5-3-1-2-4-6-8-10-17(14,15)16/h1-10H2,(H2,14,15,16). The lowest BCUT2D eigenvalue weighted by atomic mass is 10.1. The van der Waals surface area contributed by atoms with Gasteiger partial charge in [0.05, 0.1) is 6.54 Å². The molecule has 0 aromatic heterocycles. The summed E-state index contributed by atoms with van der Waals surface area (Å²) in [5.41, 5.74) is 0. The van der Waals surface area contributed by atoms with E-state index in [1.165, 1.54) is 6.08 Å². The van der Waals surface area contributed by atoms with Gasteiger partial charge in [0.25, 0.3) is 0 Å². The third kappa shape index (κ3) is 15.5. The van der Waals surface area contributed by atoms with E-state index in [9.17, 15) is 9.36 Å². The van der Waals surface area contributed by atoms with Crippen LogP contribution < -0.4 is 0 Å². The lowest BCUT2D eigenvalue weighted by Crippen LogP contribution is -1.88. The Morgan fingerprint density at radius 3 is 1.82 bits per heavy atom. The molecule has 0 saturated heterocycles. The van der Waals surface area contributed by atoms with Gasteiger partial charge in [-0.05, 0) is 12.8 Å². The Labute approximate surface area is 102 Å². The van der Waals surface area contributed by atoms with E-state index < -0.39 is 7.60 Å². The Bertz CT molecular complexity index is 271. The number of isocyanates is 1. The van der Waals surface area contributed by atoms with Gasteiger partial charge < -0.3 is 9.79 Å². The highest BCUT2D eigenvalue weighted by Gasteiger charge is 2.10. The molecule has 0 heterocycles. The Balaban J connectivity index is 3.09. The second kappa shape index (κ2) is 10.7. The smallest absolute Gasteiger partial charge is 0.324 e. The van der Waals surface area contributed by atoms with Gasteiger partial charge in [-0.15, -0.1) is 0 Å². The van der Waals surface area contributed by atoms with Gasteiger partial charge >= 0.3 is 7.60 Å². The van der Waals surface area contributed by atoms with Crippen LogP contribution in [-0.4, -0.2) is 28.6 Å². The van der Waals surface area contributed by atoms with Crippen LogP contribution in [0.15, 0.2) is 4.99 Å². The summed E-state index contributed by atoms with van der Waals surface area (Å²) in [4.78, 5) is 30.5. The molecule has 0 radical (unpaired) electrons. The number of carbonyl (C=O) groups excluding carboxylic acids is 1. The molecule has 2 N–H and O–H groups in total. The summed E-state index contributed by atoms with van der Waals surface area (Å²) in [7, 11) is -3.78. The van der Waals surface area contributed by atoms with Crippen LogP contribution in [0.1, 0.15) is 51.4 Å². The fourth-order valence-electron chi connectivity index (χ4n) is 1.61. The summed E-state index contributed by atoms with van der Waals surface area (Å²) in [5, 5.41) is 0. The number of unbranched alkanes of at least 4 members (excludes halogenated alkanes) is 7. The molecule has 0 aliphatic carbocycles. The molecule has 6 heteroatoms. The van der Waals surface area contributed by atoms with Crippen LogP contribution in [0.4, 0.5) is 0 Å². The average Bonchev–Trinajstić information content (AvgIpc) is 2.24. The third-order valence-corrected chi connectivity index (χ3v) is 3.43. The first-order valence-electron chi connectivity index (χ1n) is 6.14. The molecule has 100 valence electrons. The van der Waals surface area contributed by atoms with Crippen molar-refractivity contribution in [2.45, 2.75) is 51.4 Å². The van der Waals surface area contributed by atoms with Gasteiger partial charge in [0, 0.05) is 6.16 Å². The van der Waals surface area contributed by atoms with Crippen LogP contribution in [0.3, 0.4) is 0 Å². The highest BCUT2D eigenvalue weighted by molar-refractivity contribution is 7.51. The monoisotopic (exact) mass is 263 g/mol. The van der Waals surface area contributed by atoms with Gasteiger partial charge in [0.2, 0.25) is 6.08 Å². The molecule has 0 bridgehead atoms. The zero-order valence-corrected chi connectivity index (χ0v) is 11.1. The van der Waals surface area contributed by atoms with Crippen LogP contribution in [-0.2, 0) is 9.36 Å². The lowest BCUT2D eigenvalue weighted by Gasteiger charge is -2.03. The van der Waals surface area contributed by atoms with E-state index in [4.69, 9.17) is 9.79 Å². The molecule has 0 aliphatic heterocycles. The fraction of sp³-hybridized carbons (Fsp3) is 0.909. The molecule has 0 amide bonds. The van der Waals surface area contributed by atoms with Gasteiger partial charge in [-0.1, -0.05) is 38.5 Å². The van der Waals surface area contributed by atoms with E-state index in [0.717, 1.165) is 44.9 Å². The highest BCUT2D eigenvalue weighted by atomic mass is 31.2. The minimum atomic E-state index is -3.78. The zero-order valence-electron chi connectivity index (χ0n) is 10.2. The maximum Gasteiger partial charge on any atom is 0.325 e. The predicted octanol–water partition coefficient (Wildman–Crippen LogP) is 2.62.